The fourth-order valence-corrected chi connectivity index (χ4v) is 7.61. The Kier molecular flexibility index (Phi) is 6.62. The first-order valence-electron chi connectivity index (χ1n) is 16.8. The number of nitrogens with zero attached hydrogens (tertiary/aromatic N) is 2. The van der Waals surface area contributed by atoms with Gasteiger partial charge in [-0.1, -0.05) is 126 Å². The lowest BCUT2D eigenvalue weighted by Crippen LogP contribution is -2.61. The van der Waals surface area contributed by atoms with E-state index in [1.807, 2.05) is 0 Å². The summed E-state index contributed by atoms with van der Waals surface area (Å²) in [6.45, 7) is 6.53. The van der Waals surface area contributed by atoms with Gasteiger partial charge in [0.25, 0.3) is 6.71 Å². The number of hydrogen-bond acceptors (Lipinski definition) is 2. The molecule has 0 radical (unpaired) electrons. The fourth-order valence-electron chi connectivity index (χ4n) is 7.61. The van der Waals surface area contributed by atoms with E-state index >= 15 is 0 Å². The molecule has 0 aromatic heterocycles. The molecule has 0 saturated heterocycles. The number of anilines is 6. The Labute approximate surface area is 283 Å². The van der Waals surface area contributed by atoms with Crippen molar-refractivity contribution < 1.29 is 0 Å². The lowest BCUT2D eigenvalue weighted by atomic mass is 9.33. The summed E-state index contributed by atoms with van der Waals surface area (Å²) in [5.74, 6) is 0. The molecule has 2 aliphatic rings. The SMILES string of the molecule is Cc1ccc(-c2ccc(N3c4ccc(-c5ccc(C)cc5)cc4B4c5ccccc5N(c5ccc(C)cc5)c5cccc3c54)cc2)cc1. The molecular formula is C45H35BN2. The molecule has 0 spiro atoms. The van der Waals surface area contributed by atoms with E-state index in [0.29, 0.717) is 0 Å². The predicted octanol–water partition coefficient (Wildman–Crippen LogP) is 10.0. The number of para-hydroxylation sites is 1. The maximum atomic E-state index is 2.48. The summed E-state index contributed by atoms with van der Waals surface area (Å²) >= 11 is 0. The van der Waals surface area contributed by atoms with E-state index in [1.165, 1.54) is 83.8 Å². The maximum absolute atomic E-state index is 2.48. The first-order valence-corrected chi connectivity index (χ1v) is 16.8. The lowest BCUT2D eigenvalue weighted by molar-refractivity contribution is 1.25. The van der Waals surface area contributed by atoms with Crippen LogP contribution in [0.15, 0.2) is 158 Å². The molecule has 228 valence electrons. The van der Waals surface area contributed by atoms with E-state index in [1.54, 1.807) is 0 Å². The Morgan fingerprint density at radius 3 is 1.35 bits per heavy atom. The van der Waals surface area contributed by atoms with Crippen LogP contribution in [0.3, 0.4) is 0 Å². The molecule has 0 amide bonds. The third kappa shape index (κ3) is 4.58. The van der Waals surface area contributed by atoms with Crippen LogP contribution in [0.4, 0.5) is 34.1 Å². The predicted molar refractivity (Wildman–Crippen MR) is 206 cm³/mol. The van der Waals surface area contributed by atoms with Gasteiger partial charge in [-0.15, -0.1) is 0 Å². The van der Waals surface area contributed by atoms with E-state index in [4.69, 9.17) is 0 Å². The molecule has 3 heteroatoms. The van der Waals surface area contributed by atoms with Crippen LogP contribution in [0.1, 0.15) is 16.7 Å². The van der Waals surface area contributed by atoms with Gasteiger partial charge in [-0.2, -0.15) is 0 Å². The van der Waals surface area contributed by atoms with Gasteiger partial charge in [0.05, 0.1) is 0 Å². The Morgan fingerprint density at radius 1 is 0.354 bits per heavy atom. The van der Waals surface area contributed by atoms with Gasteiger partial charge in [0.15, 0.2) is 0 Å². The molecule has 0 aliphatic carbocycles. The molecule has 7 aromatic carbocycles. The topological polar surface area (TPSA) is 6.48 Å². The summed E-state index contributed by atoms with van der Waals surface area (Å²) in [6, 6.07) is 58.6. The van der Waals surface area contributed by atoms with Gasteiger partial charge in [0, 0.05) is 34.1 Å². The standard InChI is InChI=1S/C45H35BN2/c1-30-11-17-33(18-12-30)34-21-26-38(27-22-34)48-42-28-23-36(35-19-13-31(2)14-20-35)29-40(42)46-39-7-4-5-8-41(39)47(37-24-15-32(3)16-25-37)43-9-6-10-44(48)45(43)46/h4-29H,1-3H3. The largest absolute Gasteiger partial charge is 0.311 e. The third-order valence-electron chi connectivity index (χ3n) is 10.1. The average molecular weight is 615 g/mol. The van der Waals surface area contributed by atoms with Crippen molar-refractivity contribution in [2.45, 2.75) is 20.8 Å². The Balaban J connectivity index is 1.28. The van der Waals surface area contributed by atoms with Crippen LogP contribution in [0, 0.1) is 20.8 Å². The second-order valence-corrected chi connectivity index (χ2v) is 13.3. The van der Waals surface area contributed by atoms with Gasteiger partial charge in [-0.3, -0.25) is 0 Å². The zero-order valence-corrected chi connectivity index (χ0v) is 27.5. The molecule has 0 saturated carbocycles. The molecule has 2 nitrogen and oxygen atoms in total. The molecular weight excluding hydrogens is 579 g/mol. The molecule has 0 unspecified atom stereocenters. The summed E-state index contributed by atoms with van der Waals surface area (Å²) in [6.07, 6.45) is 0. The lowest BCUT2D eigenvalue weighted by Gasteiger charge is -2.44. The molecule has 9 rings (SSSR count). The highest BCUT2D eigenvalue weighted by Gasteiger charge is 2.43. The van der Waals surface area contributed by atoms with Gasteiger partial charge in [0.2, 0.25) is 0 Å². The van der Waals surface area contributed by atoms with Crippen LogP contribution in [-0.4, -0.2) is 6.71 Å². The summed E-state index contributed by atoms with van der Waals surface area (Å²) in [5, 5.41) is 0. The number of hydrogen-bond donors (Lipinski definition) is 0. The highest BCUT2D eigenvalue weighted by Crippen LogP contribution is 2.44. The van der Waals surface area contributed by atoms with Crippen molar-refractivity contribution in [3.8, 4) is 22.3 Å². The highest BCUT2D eigenvalue weighted by molar-refractivity contribution is 7.00. The smallest absolute Gasteiger partial charge is 0.252 e. The van der Waals surface area contributed by atoms with Crippen LogP contribution in [0.5, 0.6) is 0 Å². The molecule has 7 aromatic rings. The number of benzene rings is 7. The molecule has 2 heterocycles. The minimum Gasteiger partial charge on any atom is -0.311 e. The quantitative estimate of drug-likeness (QED) is 0.182. The van der Waals surface area contributed by atoms with Gasteiger partial charge >= 0.3 is 0 Å². The zero-order chi connectivity index (χ0) is 32.4. The normalized spacial score (nSPS) is 12.8. The molecule has 0 fully saturated rings. The van der Waals surface area contributed by atoms with E-state index < -0.39 is 0 Å². The minimum atomic E-state index is 0.0950. The van der Waals surface area contributed by atoms with Crippen molar-refractivity contribution in [1.29, 1.82) is 0 Å². The van der Waals surface area contributed by atoms with Gasteiger partial charge in [0.1, 0.15) is 0 Å². The van der Waals surface area contributed by atoms with Crippen LogP contribution in [0.2, 0.25) is 0 Å². The molecule has 2 aliphatic heterocycles. The van der Waals surface area contributed by atoms with Crippen LogP contribution in [-0.2, 0) is 0 Å². The van der Waals surface area contributed by atoms with Gasteiger partial charge in [-0.05, 0) is 108 Å². The first-order chi connectivity index (χ1) is 23.5. The van der Waals surface area contributed by atoms with Gasteiger partial charge < -0.3 is 9.80 Å². The zero-order valence-electron chi connectivity index (χ0n) is 27.5. The van der Waals surface area contributed by atoms with Crippen molar-refractivity contribution in [1.82, 2.24) is 0 Å². The monoisotopic (exact) mass is 614 g/mol. The Bertz CT molecular complexity index is 2300. The molecule has 0 bridgehead atoms. The third-order valence-corrected chi connectivity index (χ3v) is 10.1. The first kappa shape index (κ1) is 28.4. The van der Waals surface area contributed by atoms with Crippen molar-refractivity contribution >= 4 is 57.2 Å². The van der Waals surface area contributed by atoms with Crippen molar-refractivity contribution in [2.75, 3.05) is 9.80 Å². The Morgan fingerprint density at radius 2 is 0.771 bits per heavy atom. The van der Waals surface area contributed by atoms with Gasteiger partial charge in [-0.25, -0.2) is 0 Å². The highest BCUT2D eigenvalue weighted by atomic mass is 15.2. The molecule has 0 N–H and O–H groups in total. The van der Waals surface area contributed by atoms with Crippen LogP contribution >= 0.6 is 0 Å². The Hall–Kier alpha value is -5.80. The van der Waals surface area contributed by atoms with E-state index in [9.17, 15) is 0 Å². The van der Waals surface area contributed by atoms with Crippen LogP contribution < -0.4 is 26.2 Å². The van der Waals surface area contributed by atoms with Crippen molar-refractivity contribution in [2.24, 2.45) is 0 Å². The van der Waals surface area contributed by atoms with Crippen molar-refractivity contribution in [3.05, 3.63) is 174 Å². The molecule has 0 atom stereocenters. The summed E-state index contributed by atoms with van der Waals surface area (Å²) in [4.78, 5) is 4.93. The van der Waals surface area contributed by atoms with E-state index in [-0.39, 0.29) is 6.71 Å². The fraction of sp³-hybridized carbons (Fsp3) is 0.0667. The average Bonchev–Trinajstić information content (AvgIpc) is 3.13. The summed E-state index contributed by atoms with van der Waals surface area (Å²) in [5.41, 5.74) is 20.0. The van der Waals surface area contributed by atoms with Crippen molar-refractivity contribution in [3.63, 3.8) is 0 Å². The number of aryl methyl sites for hydroxylation is 3. The number of fused-ring (bicyclic) bond motifs is 4. The second kappa shape index (κ2) is 11.2. The number of rotatable bonds is 4. The second-order valence-electron chi connectivity index (χ2n) is 13.3. The summed E-state index contributed by atoms with van der Waals surface area (Å²) < 4.78 is 0. The van der Waals surface area contributed by atoms with E-state index in [0.717, 1.165) is 5.69 Å². The summed E-state index contributed by atoms with van der Waals surface area (Å²) in [7, 11) is 0. The minimum absolute atomic E-state index is 0.0950. The van der Waals surface area contributed by atoms with E-state index in [2.05, 4.69) is 188 Å². The van der Waals surface area contributed by atoms with Crippen LogP contribution in [0.25, 0.3) is 22.3 Å². The maximum Gasteiger partial charge on any atom is 0.252 e. The molecule has 48 heavy (non-hydrogen) atoms.